The van der Waals surface area contributed by atoms with E-state index in [0.717, 1.165) is 92.4 Å². The molecule has 8 nitrogen and oxygen atoms in total. The van der Waals surface area contributed by atoms with Crippen molar-refractivity contribution in [3.63, 3.8) is 0 Å². The molecule has 0 spiro atoms. The molecule has 2 aromatic carbocycles. The standard InChI is InChI=1S/C40H54FN3O5/c1-27-34(37(38(45)46)49-39(2,3)4)36(44-20-18-40(5,6)19-21-44)35(33(43-27)26-42-25-29-15-22-47-23-16-29)30-9-13-32(14-10-30)48-24-17-28-7-11-31(41)12-8-28/h7-14,29,37,42H,15-26H2,1-6H3,(H,45,46). The van der Waals surface area contributed by atoms with Gasteiger partial charge in [0.2, 0.25) is 0 Å². The average Bonchev–Trinajstić information content (AvgIpc) is 3.05. The number of nitrogens with one attached hydrogen (secondary N) is 1. The van der Waals surface area contributed by atoms with E-state index in [0.29, 0.717) is 36.7 Å². The molecule has 0 bridgehead atoms. The SMILES string of the molecule is Cc1nc(CNCC2CCOCC2)c(-c2ccc(OCCc3ccc(F)cc3)cc2)c(N2CCC(C)(C)CC2)c1C(OC(C)(C)C)C(=O)O. The van der Waals surface area contributed by atoms with E-state index >= 15 is 0 Å². The highest BCUT2D eigenvalue weighted by Gasteiger charge is 2.37. The van der Waals surface area contributed by atoms with Crippen LogP contribution in [-0.2, 0) is 27.2 Å². The lowest BCUT2D eigenvalue weighted by atomic mass is 9.81. The van der Waals surface area contributed by atoms with E-state index in [1.807, 2.05) is 52.0 Å². The maximum atomic E-state index is 13.3. The van der Waals surface area contributed by atoms with Crippen LogP contribution in [0.2, 0.25) is 0 Å². The van der Waals surface area contributed by atoms with Gasteiger partial charge in [0.1, 0.15) is 11.6 Å². The minimum absolute atomic E-state index is 0.202. The zero-order valence-corrected chi connectivity index (χ0v) is 30.1. The van der Waals surface area contributed by atoms with Crippen LogP contribution < -0.4 is 15.0 Å². The minimum Gasteiger partial charge on any atom is -0.493 e. The molecule has 0 amide bonds. The van der Waals surface area contributed by atoms with Crippen molar-refractivity contribution in [2.24, 2.45) is 11.3 Å². The van der Waals surface area contributed by atoms with Crippen LogP contribution in [0.15, 0.2) is 48.5 Å². The van der Waals surface area contributed by atoms with Gasteiger partial charge in [0.05, 0.1) is 23.6 Å². The summed E-state index contributed by atoms with van der Waals surface area (Å²) in [7, 11) is 0. The second kappa shape index (κ2) is 16.0. The lowest BCUT2D eigenvalue weighted by Gasteiger charge is -2.41. The number of nitrogens with zero attached hydrogens (tertiary/aromatic N) is 2. The Labute approximate surface area is 291 Å². The summed E-state index contributed by atoms with van der Waals surface area (Å²) >= 11 is 0. The third kappa shape index (κ3) is 10.0. The average molecular weight is 676 g/mol. The molecule has 5 rings (SSSR count). The molecule has 2 N–H and O–H groups in total. The van der Waals surface area contributed by atoms with E-state index in [2.05, 4.69) is 24.1 Å². The van der Waals surface area contributed by atoms with Crippen LogP contribution in [0.25, 0.3) is 11.1 Å². The second-order valence-electron chi connectivity index (χ2n) is 15.3. The van der Waals surface area contributed by atoms with Gasteiger partial charge < -0.3 is 29.5 Å². The Morgan fingerprint density at radius 1 is 1.08 bits per heavy atom. The van der Waals surface area contributed by atoms with Crippen molar-refractivity contribution in [1.29, 1.82) is 0 Å². The first-order valence-corrected chi connectivity index (χ1v) is 17.7. The summed E-state index contributed by atoms with van der Waals surface area (Å²) in [5, 5.41) is 14.3. The highest BCUT2D eigenvalue weighted by Crippen LogP contribution is 2.45. The molecule has 266 valence electrons. The number of anilines is 1. The van der Waals surface area contributed by atoms with Gasteiger partial charge in [-0.3, -0.25) is 4.98 Å². The highest BCUT2D eigenvalue weighted by atomic mass is 19.1. The summed E-state index contributed by atoms with van der Waals surface area (Å²) < 4.78 is 31.3. The molecule has 2 aliphatic heterocycles. The van der Waals surface area contributed by atoms with Gasteiger partial charge in [-0.25, -0.2) is 9.18 Å². The van der Waals surface area contributed by atoms with Gasteiger partial charge in [-0.15, -0.1) is 0 Å². The van der Waals surface area contributed by atoms with Crippen molar-refractivity contribution >= 4 is 11.7 Å². The Balaban J connectivity index is 1.54. The van der Waals surface area contributed by atoms with E-state index in [9.17, 15) is 14.3 Å². The van der Waals surface area contributed by atoms with Gasteiger partial charge in [-0.2, -0.15) is 0 Å². The molecule has 49 heavy (non-hydrogen) atoms. The fourth-order valence-corrected chi connectivity index (χ4v) is 6.76. The fourth-order valence-electron chi connectivity index (χ4n) is 6.76. The van der Waals surface area contributed by atoms with Gasteiger partial charge in [0.15, 0.2) is 6.10 Å². The van der Waals surface area contributed by atoms with E-state index in [4.69, 9.17) is 19.2 Å². The Morgan fingerprint density at radius 3 is 2.35 bits per heavy atom. The third-order valence-electron chi connectivity index (χ3n) is 9.65. The van der Waals surface area contributed by atoms with Crippen LogP contribution in [0.3, 0.4) is 0 Å². The largest absolute Gasteiger partial charge is 0.493 e. The smallest absolute Gasteiger partial charge is 0.337 e. The van der Waals surface area contributed by atoms with Crippen LogP contribution in [0.5, 0.6) is 5.75 Å². The molecule has 2 aliphatic rings. The van der Waals surface area contributed by atoms with E-state index in [-0.39, 0.29) is 11.2 Å². The summed E-state index contributed by atoms with van der Waals surface area (Å²) in [5.74, 6) is -0.00510. The summed E-state index contributed by atoms with van der Waals surface area (Å²) in [6.45, 7) is 17.2. The van der Waals surface area contributed by atoms with Crippen LogP contribution in [0.1, 0.15) is 88.9 Å². The van der Waals surface area contributed by atoms with Crippen molar-refractivity contribution in [2.75, 3.05) is 44.4 Å². The van der Waals surface area contributed by atoms with Crippen molar-refractivity contribution in [3.05, 3.63) is 76.9 Å². The number of aromatic nitrogens is 1. The molecular weight excluding hydrogens is 621 g/mol. The Morgan fingerprint density at radius 2 is 1.73 bits per heavy atom. The molecule has 0 aliphatic carbocycles. The molecule has 2 saturated heterocycles. The topological polar surface area (TPSA) is 93.2 Å². The van der Waals surface area contributed by atoms with Crippen molar-refractivity contribution < 1.29 is 28.5 Å². The first-order valence-electron chi connectivity index (χ1n) is 17.7. The molecule has 3 heterocycles. The number of hydrogen-bond donors (Lipinski definition) is 2. The van der Waals surface area contributed by atoms with Crippen LogP contribution in [0, 0.1) is 24.1 Å². The van der Waals surface area contributed by atoms with E-state index < -0.39 is 17.7 Å². The number of carboxylic acid groups (broad SMARTS) is 1. The maximum absolute atomic E-state index is 13.3. The molecule has 9 heteroatoms. The number of halogens is 1. The zero-order chi connectivity index (χ0) is 35.2. The number of carboxylic acids is 1. The Bertz CT molecular complexity index is 1540. The number of pyridine rings is 1. The molecule has 1 unspecified atom stereocenters. The van der Waals surface area contributed by atoms with Crippen LogP contribution >= 0.6 is 0 Å². The monoisotopic (exact) mass is 675 g/mol. The summed E-state index contributed by atoms with van der Waals surface area (Å²) in [6.07, 6.45) is 3.53. The minimum atomic E-state index is -1.19. The first-order chi connectivity index (χ1) is 23.3. The summed E-state index contributed by atoms with van der Waals surface area (Å²) in [4.78, 5) is 20.5. The quantitative estimate of drug-likeness (QED) is 0.189. The second-order valence-corrected chi connectivity index (χ2v) is 15.3. The first kappa shape index (κ1) is 36.7. The van der Waals surface area contributed by atoms with Crippen LogP contribution in [-0.4, -0.2) is 61.1 Å². The van der Waals surface area contributed by atoms with E-state index in [1.165, 1.54) is 12.1 Å². The van der Waals surface area contributed by atoms with Crippen molar-refractivity contribution in [1.82, 2.24) is 10.3 Å². The number of carbonyl (C=O) groups is 1. The van der Waals surface area contributed by atoms with Crippen molar-refractivity contribution in [3.8, 4) is 16.9 Å². The van der Waals surface area contributed by atoms with Gasteiger partial charge in [0, 0.05) is 56.1 Å². The highest BCUT2D eigenvalue weighted by molar-refractivity contribution is 5.88. The molecule has 0 radical (unpaired) electrons. The number of hydrogen-bond acceptors (Lipinski definition) is 7. The fraction of sp³-hybridized carbons (Fsp3) is 0.550. The number of piperidine rings is 1. The number of benzene rings is 2. The Hall–Kier alpha value is -3.53. The predicted molar refractivity (Wildman–Crippen MR) is 192 cm³/mol. The summed E-state index contributed by atoms with van der Waals surface area (Å²) in [6, 6.07) is 14.5. The van der Waals surface area contributed by atoms with Gasteiger partial charge in [-0.1, -0.05) is 38.1 Å². The number of aryl methyl sites for hydroxylation is 1. The molecule has 0 saturated carbocycles. The number of ether oxygens (including phenoxy) is 3. The number of rotatable bonds is 13. The maximum Gasteiger partial charge on any atom is 0.337 e. The zero-order valence-electron chi connectivity index (χ0n) is 30.1. The normalized spacial score (nSPS) is 17.6. The summed E-state index contributed by atoms with van der Waals surface area (Å²) in [5.41, 5.74) is 5.47. The van der Waals surface area contributed by atoms with Gasteiger partial charge in [-0.05, 0) is 107 Å². The van der Waals surface area contributed by atoms with Gasteiger partial charge in [0.25, 0.3) is 0 Å². The lowest BCUT2D eigenvalue weighted by Crippen LogP contribution is -2.39. The van der Waals surface area contributed by atoms with Gasteiger partial charge >= 0.3 is 5.97 Å². The van der Waals surface area contributed by atoms with Crippen molar-refractivity contribution in [2.45, 2.75) is 91.9 Å². The predicted octanol–water partition coefficient (Wildman–Crippen LogP) is 7.90. The molecular formula is C40H54FN3O5. The number of aliphatic carboxylic acids is 1. The van der Waals surface area contributed by atoms with Crippen LogP contribution in [0.4, 0.5) is 10.1 Å². The third-order valence-corrected chi connectivity index (χ3v) is 9.65. The molecule has 1 aromatic heterocycles. The lowest BCUT2D eigenvalue weighted by molar-refractivity contribution is -0.160. The molecule has 1 atom stereocenters. The Kier molecular flexibility index (Phi) is 12.0. The van der Waals surface area contributed by atoms with E-state index in [1.54, 1.807) is 12.1 Å². The molecule has 3 aromatic rings. The molecule has 2 fully saturated rings.